The minimum absolute atomic E-state index is 0. The van der Waals surface area contributed by atoms with Gasteiger partial charge in [0.05, 0.1) is 0 Å². The molecule has 0 N–H and O–H groups in total. The summed E-state index contributed by atoms with van der Waals surface area (Å²) in [4.78, 5) is 9.27. The first-order valence-electron chi connectivity index (χ1n) is 19.6. The van der Waals surface area contributed by atoms with E-state index in [9.17, 15) is 0 Å². The van der Waals surface area contributed by atoms with Crippen molar-refractivity contribution in [1.29, 1.82) is 0 Å². The number of benzene rings is 5. The summed E-state index contributed by atoms with van der Waals surface area (Å²) < 4.78 is 0. The third kappa shape index (κ3) is 8.50. The average molecular weight is 893 g/mol. The van der Waals surface area contributed by atoms with Crippen molar-refractivity contribution in [3.63, 3.8) is 0 Å². The number of rotatable bonds is 9. The fourth-order valence-electron chi connectivity index (χ4n) is 8.60. The smallest absolute Gasteiger partial charge is 0.0166 e. The van der Waals surface area contributed by atoms with Crippen molar-refractivity contribution in [2.24, 2.45) is 0 Å². The van der Waals surface area contributed by atoms with Crippen LogP contribution in [0, 0.1) is 32.9 Å². The fraction of sp³-hybridized carbons (Fsp3) is 0.231. The van der Waals surface area contributed by atoms with Crippen LogP contribution in [0.5, 0.6) is 0 Å². The van der Waals surface area contributed by atoms with Crippen LogP contribution in [0.2, 0.25) is 0 Å². The largest absolute Gasteiger partial charge is 0.305 e. The van der Waals surface area contributed by atoms with Gasteiger partial charge in [0, 0.05) is 32.5 Å². The van der Waals surface area contributed by atoms with Gasteiger partial charge in [0.25, 0.3) is 0 Å². The third-order valence-electron chi connectivity index (χ3n) is 11.5. The summed E-state index contributed by atoms with van der Waals surface area (Å²) in [5, 5.41) is 0. The summed E-state index contributed by atoms with van der Waals surface area (Å²) in [5.41, 5.74) is 19.7. The van der Waals surface area contributed by atoms with E-state index in [4.69, 9.17) is 4.98 Å². The summed E-state index contributed by atoms with van der Waals surface area (Å²) in [7, 11) is 0. The van der Waals surface area contributed by atoms with Gasteiger partial charge >= 0.3 is 0 Å². The summed E-state index contributed by atoms with van der Waals surface area (Å²) in [6, 6.07) is 51.0. The van der Waals surface area contributed by atoms with E-state index in [0.29, 0.717) is 5.41 Å². The Labute approximate surface area is 341 Å². The number of aromatic nitrogens is 2. The molecule has 0 unspecified atom stereocenters. The Balaban J connectivity index is 0.00000465. The second-order valence-corrected chi connectivity index (χ2v) is 15.6. The molecule has 1 radical (unpaired) electrons. The predicted octanol–water partition coefficient (Wildman–Crippen LogP) is 13.3. The van der Waals surface area contributed by atoms with Crippen molar-refractivity contribution in [2.45, 2.75) is 78.1 Å². The Morgan fingerprint density at radius 1 is 0.564 bits per heavy atom. The Bertz CT molecular complexity index is 2360. The first-order valence-corrected chi connectivity index (χ1v) is 19.6. The first kappa shape index (κ1) is 38.3. The van der Waals surface area contributed by atoms with E-state index >= 15 is 0 Å². The van der Waals surface area contributed by atoms with Crippen molar-refractivity contribution in [3.8, 4) is 55.9 Å². The van der Waals surface area contributed by atoms with Crippen molar-refractivity contribution in [1.82, 2.24) is 9.97 Å². The van der Waals surface area contributed by atoms with Crippen molar-refractivity contribution >= 4 is 0 Å². The Kier molecular flexibility index (Phi) is 11.7. The van der Waals surface area contributed by atoms with E-state index in [1.165, 1.54) is 93.3 Å². The maximum Gasteiger partial charge on any atom is 0.0166 e. The standard InChI is InChI=1S/C52H48N2.Ir/c1-36-30-40(16-15-39-17-19-42(20-18-39)49-14-8-11-28-53-49)34-45(31-36)48-13-7-6-12-47(48)41-21-23-43(24-22-41)50-35-44(25-29-54-50)51-37(2)32-46(33-38(51)3)52(4)26-9-5-10-27-52;/h6-8,11-14,17-19,21-23,25,28-35H,5,9-10,15-16,26-27H2,1-4H3;/q-2;. The van der Waals surface area contributed by atoms with Gasteiger partial charge in [-0.1, -0.05) is 122 Å². The zero-order valence-electron chi connectivity index (χ0n) is 32.4. The molecule has 0 amide bonds. The molecule has 0 atom stereocenters. The van der Waals surface area contributed by atoms with Crippen LogP contribution < -0.4 is 0 Å². The molecular weight excluding hydrogens is 845 g/mol. The third-order valence-corrected chi connectivity index (χ3v) is 11.5. The molecule has 1 aliphatic rings. The monoisotopic (exact) mass is 893 g/mol. The van der Waals surface area contributed by atoms with Crippen LogP contribution in [0.25, 0.3) is 55.9 Å². The number of hydrogen-bond donors (Lipinski definition) is 0. The van der Waals surface area contributed by atoms with Crippen molar-refractivity contribution in [2.75, 3.05) is 0 Å². The molecule has 0 aliphatic heterocycles. The average Bonchev–Trinajstić information content (AvgIpc) is 3.21. The summed E-state index contributed by atoms with van der Waals surface area (Å²) >= 11 is 0. The first-order chi connectivity index (χ1) is 26.3. The molecule has 3 heteroatoms. The van der Waals surface area contributed by atoms with E-state index in [-0.39, 0.29) is 20.1 Å². The Hall–Kier alpha value is -4.95. The molecule has 2 aromatic heterocycles. The van der Waals surface area contributed by atoms with Gasteiger partial charge in [-0.25, -0.2) is 0 Å². The maximum absolute atomic E-state index is 4.80. The van der Waals surface area contributed by atoms with Crippen LogP contribution >= 0.6 is 0 Å². The van der Waals surface area contributed by atoms with Crippen LogP contribution in [0.15, 0.2) is 134 Å². The van der Waals surface area contributed by atoms with E-state index in [1.54, 1.807) is 0 Å². The van der Waals surface area contributed by atoms with Gasteiger partial charge in [-0.05, 0) is 113 Å². The van der Waals surface area contributed by atoms with Crippen LogP contribution in [0.4, 0.5) is 0 Å². The molecule has 1 aliphatic carbocycles. The Morgan fingerprint density at radius 3 is 1.93 bits per heavy atom. The molecule has 2 heterocycles. The fourth-order valence-corrected chi connectivity index (χ4v) is 8.60. The molecule has 0 saturated heterocycles. The molecule has 0 spiro atoms. The molecule has 1 fully saturated rings. The van der Waals surface area contributed by atoms with Crippen LogP contribution in [-0.4, -0.2) is 9.97 Å². The zero-order chi connectivity index (χ0) is 37.1. The number of pyridine rings is 2. The molecule has 0 bridgehead atoms. The maximum atomic E-state index is 4.80. The summed E-state index contributed by atoms with van der Waals surface area (Å²) in [5.74, 6) is 0. The summed E-state index contributed by atoms with van der Waals surface area (Å²) in [6.07, 6.45) is 12.3. The van der Waals surface area contributed by atoms with Gasteiger partial charge in [0.1, 0.15) is 0 Å². The van der Waals surface area contributed by atoms with Crippen LogP contribution in [-0.2, 0) is 38.4 Å². The predicted molar refractivity (Wildman–Crippen MR) is 225 cm³/mol. The van der Waals surface area contributed by atoms with E-state index in [0.717, 1.165) is 40.9 Å². The van der Waals surface area contributed by atoms with Crippen LogP contribution in [0.1, 0.15) is 72.4 Å². The van der Waals surface area contributed by atoms with Gasteiger partial charge in [-0.2, -0.15) is 0 Å². The van der Waals surface area contributed by atoms with Gasteiger partial charge in [0.15, 0.2) is 0 Å². The second-order valence-electron chi connectivity index (χ2n) is 15.6. The van der Waals surface area contributed by atoms with Gasteiger partial charge < -0.3 is 9.97 Å². The van der Waals surface area contributed by atoms with Gasteiger partial charge in [-0.3, -0.25) is 0 Å². The minimum atomic E-state index is 0. The van der Waals surface area contributed by atoms with E-state index < -0.39 is 0 Å². The Morgan fingerprint density at radius 2 is 1.24 bits per heavy atom. The molecule has 277 valence electrons. The minimum Gasteiger partial charge on any atom is -0.305 e. The molecule has 5 aromatic carbocycles. The number of hydrogen-bond acceptors (Lipinski definition) is 2. The topological polar surface area (TPSA) is 25.8 Å². The molecular formula is C52H48IrN2-2. The number of aryl methyl sites for hydroxylation is 5. The number of nitrogens with zero attached hydrogens (tertiary/aromatic N) is 2. The SMILES string of the molecule is Cc1cc(CCc2c[c-]c(-c3ccccn3)cc2)cc(-c2ccccc2-c2c[c-]c(-c3cc(-c4c(C)cc(C5(C)CCCCC5)cc4C)ccn3)cc2)c1.[Ir]. The molecule has 2 nitrogen and oxygen atoms in total. The zero-order valence-corrected chi connectivity index (χ0v) is 34.8. The molecule has 8 rings (SSSR count). The van der Waals surface area contributed by atoms with E-state index in [1.807, 2.05) is 30.6 Å². The van der Waals surface area contributed by atoms with Crippen LogP contribution in [0.3, 0.4) is 0 Å². The van der Waals surface area contributed by atoms with Crippen molar-refractivity contribution < 1.29 is 20.1 Å². The molecule has 1 saturated carbocycles. The quantitative estimate of drug-likeness (QED) is 0.135. The van der Waals surface area contributed by atoms with Gasteiger partial charge in [0.2, 0.25) is 0 Å². The van der Waals surface area contributed by atoms with E-state index in [2.05, 4.69) is 148 Å². The summed E-state index contributed by atoms with van der Waals surface area (Å²) in [6.45, 7) is 9.21. The normalized spacial score (nSPS) is 13.6. The van der Waals surface area contributed by atoms with Gasteiger partial charge in [-0.15, -0.1) is 65.2 Å². The van der Waals surface area contributed by atoms with Crippen molar-refractivity contribution in [3.05, 3.63) is 179 Å². The second kappa shape index (κ2) is 16.8. The molecule has 55 heavy (non-hydrogen) atoms. The molecule has 7 aromatic rings.